The lowest BCUT2D eigenvalue weighted by Crippen LogP contribution is -2.33. The Hall–Kier alpha value is -1.34. The number of thioether (sulfide) groups is 1. The van der Waals surface area contributed by atoms with Gasteiger partial charge in [-0.1, -0.05) is 31.2 Å². The van der Waals surface area contributed by atoms with Gasteiger partial charge in [-0.25, -0.2) is 0 Å². The molecule has 1 fully saturated rings. The van der Waals surface area contributed by atoms with Gasteiger partial charge in [-0.05, 0) is 39.3 Å². The maximum absolute atomic E-state index is 12.0. The standard InChI is InChI=1S/C18H31N5OS/c1-4-10-23-16(9-13-22-11-7-6-8-12-22)20-21-18(23)25-14-17(24)19-15(3)5-2/h4,15H,1,5-14H2,2-3H3,(H,19,24)/t15-/m0/s1. The van der Waals surface area contributed by atoms with Crippen molar-refractivity contribution in [3.05, 3.63) is 18.5 Å². The summed E-state index contributed by atoms with van der Waals surface area (Å²) in [7, 11) is 0. The molecule has 1 amide bonds. The zero-order valence-corrected chi connectivity index (χ0v) is 16.4. The maximum atomic E-state index is 12.0. The van der Waals surface area contributed by atoms with Crippen LogP contribution in [0.2, 0.25) is 0 Å². The highest BCUT2D eigenvalue weighted by Gasteiger charge is 2.16. The summed E-state index contributed by atoms with van der Waals surface area (Å²) < 4.78 is 2.08. The smallest absolute Gasteiger partial charge is 0.230 e. The second kappa shape index (κ2) is 10.6. The minimum atomic E-state index is 0.0439. The third-order valence-corrected chi connectivity index (χ3v) is 5.52. The number of carbonyl (C=O) groups is 1. The molecular weight excluding hydrogens is 334 g/mol. The Kier molecular flexibility index (Phi) is 8.48. The molecule has 1 aromatic rings. The number of rotatable bonds is 10. The first-order chi connectivity index (χ1) is 12.1. The van der Waals surface area contributed by atoms with Crippen molar-refractivity contribution in [1.82, 2.24) is 25.0 Å². The van der Waals surface area contributed by atoms with Gasteiger partial charge < -0.3 is 14.8 Å². The SMILES string of the molecule is C=CCn1c(CCN2CCCCC2)nnc1SCC(=O)N[C@@H](C)CC. The van der Waals surface area contributed by atoms with E-state index in [1.54, 1.807) is 0 Å². The van der Waals surface area contributed by atoms with Gasteiger partial charge in [-0.15, -0.1) is 16.8 Å². The van der Waals surface area contributed by atoms with Gasteiger partial charge >= 0.3 is 0 Å². The van der Waals surface area contributed by atoms with E-state index in [0.29, 0.717) is 12.3 Å². The summed E-state index contributed by atoms with van der Waals surface area (Å²) in [5, 5.41) is 12.4. The third kappa shape index (κ3) is 6.47. The van der Waals surface area contributed by atoms with Crippen molar-refractivity contribution in [2.24, 2.45) is 0 Å². The molecule has 1 aliphatic rings. The lowest BCUT2D eigenvalue weighted by atomic mass is 10.1. The van der Waals surface area contributed by atoms with Crippen LogP contribution in [0.25, 0.3) is 0 Å². The summed E-state index contributed by atoms with van der Waals surface area (Å²) in [6.45, 7) is 12.0. The summed E-state index contributed by atoms with van der Waals surface area (Å²) in [5.74, 6) is 1.39. The molecule has 1 aromatic heterocycles. The van der Waals surface area contributed by atoms with E-state index in [1.165, 1.54) is 44.1 Å². The Bertz CT molecular complexity index is 554. The van der Waals surface area contributed by atoms with E-state index in [-0.39, 0.29) is 11.9 Å². The normalized spacial score (nSPS) is 16.6. The number of amides is 1. The molecule has 1 N–H and O–H groups in total. The topological polar surface area (TPSA) is 63.1 Å². The molecule has 0 aliphatic carbocycles. The monoisotopic (exact) mass is 365 g/mol. The van der Waals surface area contributed by atoms with E-state index < -0.39 is 0 Å². The Balaban J connectivity index is 1.90. The van der Waals surface area contributed by atoms with Gasteiger partial charge in [0.1, 0.15) is 5.82 Å². The molecular formula is C18H31N5OS. The van der Waals surface area contributed by atoms with Gasteiger partial charge in [0, 0.05) is 25.6 Å². The molecule has 2 rings (SSSR count). The summed E-state index contributed by atoms with van der Waals surface area (Å²) in [5.41, 5.74) is 0. The van der Waals surface area contributed by atoms with E-state index >= 15 is 0 Å². The average Bonchev–Trinajstić information content (AvgIpc) is 3.01. The maximum Gasteiger partial charge on any atom is 0.230 e. The highest BCUT2D eigenvalue weighted by molar-refractivity contribution is 7.99. The molecule has 0 spiro atoms. The molecule has 2 heterocycles. The Morgan fingerprint density at radius 3 is 2.80 bits per heavy atom. The van der Waals surface area contributed by atoms with Crippen LogP contribution in [0.15, 0.2) is 17.8 Å². The van der Waals surface area contributed by atoms with Crippen molar-refractivity contribution in [3.8, 4) is 0 Å². The van der Waals surface area contributed by atoms with Gasteiger partial charge in [-0.3, -0.25) is 4.79 Å². The Morgan fingerprint density at radius 2 is 2.12 bits per heavy atom. The van der Waals surface area contributed by atoms with Crippen LogP contribution in [0.5, 0.6) is 0 Å². The zero-order valence-electron chi connectivity index (χ0n) is 15.5. The van der Waals surface area contributed by atoms with Crippen LogP contribution in [0.4, 0.5) is 0 Å². The van der Waals surface area contributed by atoms with Gasteiger partial charge in [0.15, 0.2) is 5.16 Å². The molecule has 0 radical (unpaired) electrons. The molecule has 0 saturated carbocycles. The fraction of sp³-hybridized carbons (Fsp3) is 0.722. The van der Waals surface area contributed by atoms with Crippen LogP contribution in [0.1, 0.15) is 45.4 Å². The number of aromatic nitrogens is 3. The highest BCUT2D eigenvalue weighted by Crippen LogP contribution is 2.18. The summed E-state index contributed by atoms with van der Waals surface area (Å²) in [6.07, 6.45) is 7.63. The van der Waals surface area contributed by atoms with Gasteiger partial charge in [0.05, 0.1) is 5.75 Å². The zero-order chi connectivity index (χ0) is 18.1. The number of hydrogen-bond donors (Lipinski definition) is 1. The highest BCUT2D eigenvalue weighted by atomic mass is 32.2. The molecule has 6 nitrogen and oxygen atoms in total. The number of likely N-dealkylation sites (tertiary alicyclic amines) is 1. The first-order valence-electron chi connectivity index (χ1n) is 9.31. The Labute approximate surface area is 155 Å². The van der Waals surface area contributed by atoms with Crippen molar-refractivity contribution in [2.75, 3.05) is 25.4 Å². The van der Waals surface area contributed by atoms with Crippen molar-refractivity contribution in [2.45, 2.75) is 63.7 Å². The molecule has 1 aliphatic heterocycles. The van der Waals surface area contributed by atoms with Crippen molar-refractivity contribution in [1.29, 1.82) is 0 Å². The third-order valence-electron chi connectivity index (χ3n) is 4.56. The summed E-state index contributed by atoms with van der Waals surface area (Å²) in [6, 6.07) is 0.208. The number of carbonyl (C=O) groups excluding carboxylic acids is 1. The molecule has 1 atom stereocenters. The van der Waals surface area contributed by atoms with Crippen LogP contribution in [-0.2, 0) is 17.8 Å². The lowest BCUT2D eigenvalue weighted by molar-refractivity contribution is -0.119. The quantitative estimate of drug-likeness (QED) is 0.510. The second-order valence-corrected chi connectivity index (χ2v) is 7.56. The largest absolute Gasteiger partial charge is 0.353 e. The van der Waals surface area contributed by atoms with Crippen LogP contribution >= 0.6 is 11.8 Å². The first-order valence-corrected chi connectivity index (χ1v) is 10.3. The lowest BCUT2D eigenvalue weighted by Gasteiger charge is -2.26. The molecule has 0 bridgehead atoms. The van der Waals surface area contributed by atoms with Crippen LogP contribution in [0, 0.1) is 0 Å². The van der Waals surface area contributed by atoms with Crippen LogP contribution < -0.4 is 5.32 Å². The molecule has 25 heavy (non-hydrogen) atoms. The van der Waals surface area contributed by atoms with Crippen molar-refractivity contribution in [3.63, 3.8) is 0 Å². The fourth-order valence-electron chi connectivity index (χ4n) is 2.91. The minimum Gasteiger partial charge on any atom is -0.353 e. The fourth-order valence-corrected chi connectivity index (χ4v) is 3.69. The minimum absolute atomic E-state index is 0.0439. The molecule has 7 heteroatoms. The van der Waals surface area contributed by atoms with Crippen molar-refractivity contribution < 1.29 is 4.79 Å². The predicted molar refractivity (Wildman–Crippen MR) is 103 cm³/mol. The number of piperidine rings is 1. The van der Waals surface area contributed by atoms with Gasteiger partial charge in [0.25, 0.3) is 0 Å². The van der Waals surface area contributed by atoms with Gasteiger partial charge in [-0.2, -0.15) is 0 Å². The van der Waals surface area contributed by atoms with E-state index in [0.717, 1.165) is 30.4 Å². The molecule has 0 aromatic carbocycles. The predicted octanol–water partition coefficient (Wildman–Crippen LogP) is 2.50. The summed E-state index contributed by atoms with van der Waals surface area (Å²) in [4.78, 5) is 14.5. The van der Waals surface area contributed by atoms with Crippen LogP contribution in [-0.4, -0.2) is 57.0 Å². The molecule has 0 unspecified atom stereocenters. The average molecular weight is 366 g/mol. The number of hydrogen-bond acceptors (Lipinski definition) is 5. The van der Waals surface area contributed by atoms with E-state index in [1.807, 2.05) is 13.0 Å². The van der Waals surface area contributed by atoms with E-state index in [2.05, 4.69) is 38.5 Å². The molecule has 1 saturated heterocycles. The number of nitrogens with one attached hydrogen (secondary N) is 1. The van der Waals surface area contributed by atoms with E-state index in [4.69, 9.17) is 0 Å². The van der Waals surface area contributed by atoms with E-state index in [9.17, 15) is 4.79 Å². The van der Waals surface area contributed by atoms with Crippen LogP contribution in [0.3, 0.4) is 0 Å². The number of allylic oxidation sites excluding steroid dienone is 1. The second-order valence-electron chi connectivity index (χ2n) is 6.62. The first kappa shape index (κ1) is 20.0. The number of nitrogens with zero attached hydrogens (tertiary/aromatic N) is 4. The van der Waals surface area contributed by atoms with Crippen molar-refractivity contribution >= 4 is 17.7 Å². The summed E-state index contributed by atoms with van der Waals surface area (Å²) >= 11 is 1.45. The Morgan fingerprint density at radius 1 is 1.36 bits per heavy atom. The molecule has 140 valence electrons. The van der Waals surface area contributed by atoms with Gasteiger partial charge in [0.2, 0.25) is 5.91 Å².